The Labute approximate surface area is 53.5 Å². The summed E-state index contributed by atoms with van der Waals surface area (Å²) in [6.07, 6.45) is -3.93. The van der Waals surface area contributed by atoms with Gasteiger partial charge in [-0.05, 0) is 4.99 Å². The standard InChI is InChI=1S/C4H4BrF3/c5-3-1-2-4(6,7)8/h1,3H,2H2/b3-1+. The second-order valence-corrected chi connectivity index (χ2v) is 1.71. The number of allylic oxidation sites excluding steroid dienone is 1. The summed E-state index contributed by atoms with van der Waals surface area (Å²) < 4.78 is 33.5. The Balaban J connectivity index is 3.39. The summed E-state index contributed by atoms with van der Waals surface area (Å²) in [6.45, 7) is 0. The van der Waals surface area contributed by atoms with Crippen molar-refractivity contribution in [1.29, 1.82) is 0 Å². The van der Waals surface area contributed by atoms with E-state index in [0.29, 0.717) is 0 Å². The third-order valence-corrected chi connectivity index (χ3v) is 0.812. The highest BCUT2D eigenvalue weighted by molar-refractivity contribution is 9.11. The molecule has 0 unspecified atom stereocenters. The lowest BCUT2D eigenvalue weighted by atomic mass is 10.4. The Morgan fingerprint density at radius 3 is 2.00 bits per heavy atom. The molecule has 0 saturated heterocycles. The van der Waals surface area contributed by atoms with E-state index in [1.165, 1.54) is 4.99 Å². The quantitative estimate of drug-likeness (QED) is 0.594. The Morgan fingerprint density at radius 1 is 1.38 bits per heavy atom. The van der Waals surface area contributed by atoms with E-state index in [1.807, 2.05) is 0 Å². The van der Waals surface area contributed by atoms with Crippen molar-refractivity contribution in [2.75, 3.05) is 0 Å². The molecule has 0 nitrogen and oxygen atoms in total. The summed E-state index contributed by atoms with van der Waals surface area (Å²) in [7, 11) is 0. The van der Waals surface area contributed by atoms with Crippen molar-refractivity contribution in [2.45, 2.75) is 12.6 Å². The fourth-order valence-corrected chi connectivity index (χ4v) is 0.365. The number of hydrogen-bond donors (Lipinski definition) is 0. The predicted octanol–water partition coefficient (Wildman–Crippen LogP) is 2.85. The average molecular weight is 189 g/mol. The van der Waals surface area contributed by atoms with E-state index in [9.17, 15) is 13.2 Å². The molecule has 48 valence electrons. The van der Waals surface area contributed by atoms with E-state index in [-0.39, 0.29) is 0 Å². The summed E-state index contributed by atoms with van der Waals surface area (Å²) in [5.74, 6) is 0. The summed E-state index contributed by atoms with van der Waals surface area (Å²) in [6, 6.07) is 0. The molecule has 0 aliphatic carbocycles. The largest absolute Gasteiger partial charge is 0.392 e. The van der Waals surface area contributed by atoms with Crippen LogP contribution >= 0.6 is 15.9 Å². The zero-order valence-electron chi connectivity index (χ0n) is 3.87. The zero-order valence-corrected chi connectivity index (χ0v) is 5.46. The fraction of sp³-hybridized carbons (Fsp3) is 0.500. The molecular weight excluding hydrogens is 185 g/mol. The van der Waals surface area contributed by atoms with Gasteiger partial charge in [0.1, 0.15) is 0 Å². The third kappa shape index (κ3) is 6.01. The van der Waals surface area contributed by atoms with Gasteiger partial charge in [0.2, 0.25) is 0 Å². The predicted molar refractivity (Wildman–Crippen MR) is 28.7 cm³/mol. The Morgan fingerprint density at radius 2 is 1.88 bits per heavy atom. The minimum absolute atomic E-state index is 0.863. The molecule has 0 N–H and O–H groups in total. The summed E-state index contributed by atoms with van der Waals surface area (Å²) >= 11 is 2.72. The monoisotopic (exact) mass is 188 g/mol. The van der Waals surface area contributed by atoms with E-state index in [4.69, 9.17) is 0 Å². The van der Waals surface area contributed by atoms with Crippen LogP contribution in [-0.2, 0) is 0 Å². The number of rotatable bonds is 1. The molecule has 0 rings (SSSR count). The van der Waals surface area contributed by atoms with Gasteiger partial charge in [-0.25, -0.2) is 0 Å². The van der Waals surface area contributed by atoms with Gasteiger partial charge in [-0.15, -0.1) is 0 Å². The molecule has 0 aromatic rings. The van der Waals surface area contributed by atoms with Crippen LogP contribution in [0.2, 0.25) is 0 Å². The SMILES string of the molecule is FC(F)(F)C/C=C/Br. The Bertz CT molecular complexity index is 83.8. The Hall–Kier alpha value is 0.01000. The van der Waals surface area contributed by atoms with Gasteiger partial charge in [0.25, 0.3) is 0 Å². The van der Waals surface area contributed by atoms with E-state index in [0.717, 1.165) is 6.08 Å². The second-order valence-electron chi connectivity index (χ2n) is 1.18. The topological polar surface area (TPSA) is 0 Å². The van der Waals surface area contributed by atoms with Gasteiger partial charge in [-0.1, -0.05) is 22.0 Å². The van der Waals surface area contributed by atoms with Crippen molar-refractivity contribution in [1.82, 2.24) is 0 Å². The van der Waals surface area contributed by atoms with Crippen LogP contribution in [0, 0.1) is 0 Å². The molecule has 0 fully saturated rings. The first kappa shape index (κ1) is 8.01. The van der Waals surface area contributed by atoms with Crippen LogP contribution in [0.15, 0.2) is 11.1 Å². The van der Waals surface area contributed by atoms with Crippen molar-refractivity contribution in [3.8, 4) is 0 Å². The third-order valence-electron chi connectivity index (χ3n) is 0.438. The maximum Gasteiger partial charge on any atom is 0.392 e. The van der Waals surface area contributed by atoms with Crippen molar-refractivity contribution >= 4 is 15.9 Å². The summed E-state index contributed by atoms with van der Waals surface area (Å²) in [5.41, 5.74) is 0. The van der Waals surface area contributed by atoms with Gasteiger partial charge < -0.3 is 0 Å². The molecule has 0 spiro atoms. The molecule has 0 saturated carbocycles. The van der Waals surface area contributed by atoms with Crippen LogP contribution in [0.25, 0.3) is 0 Å². The molecule has 0 aromatic heterocycles. The van der Waals surface area contributed by atoms with Gasteiger partial charge in [-0.3, -0.25) is 0 Å². The number of halogens is 4. The zero-order chi connectivity index (χ0) is 6.62. The van der Waals surface area contributed by atoms with Crippen molar-refractivity contribution in [2.24, 2.45) is 0 Å². The normalized spacial score (nSPS) is 13.0. The highest BCUT2D eigenvalue weighted by Crippen LogP contribution is 2.19. The lowest BCUT2D eigenvalue weighted by Crippen LogP contribution is -2.03. The maximum atomic E-state index is 11.2. The first-order valence-corrected chi connectivity index (χ1v) is 2.80. The van der Waals surface area contributed by atoms with Gasteiger partial charge in [0, 0.05) is 0 Å². The van der Waals surface area contributed by atoms with Crippen LogP contribution < -0.4 is 0 Å². The number of hydrogen-bond acceptors (Lipinski definition) is 0. The van der Waals surface area contributed by atoms with Crippen molar-refractivity contribution < 1.29 is 13.2 Å². The van der Waals surface area contributed by atoms with Crippen LogP contribution in [0.3, 0.4) is 0 Å². The number of alkyl halides is 3. The van der Waals surface area contributed by atoms with Crippen LogP contribution in [0.5, 0.6) is 0 Å². The molecule has 0 aliphatic heterocycles. The molecule has 0 aromatic carbocycles. The van der Waals surface area contributed by atoms with Crippen LogP contribution in [0.4, 0.5) is 13.2 Å². The molecule has 4 heteroatoms. The lowest BCUT2D eigenvalue weighted by Gasteiger charge is -1.98. The minimum atomic E-state index is -4.07. The smallest absolute Gasteiger partial charge is 0.171 e. The van der Waals surface area contributed by atoms with Gasteiger partial charge in [-0.2, -0.15) is 13.2 Å². The average Bonchev–Trinajstić information content (AvgIpc) is 1.59. The maximum absolute atomic E-state index is 11.2. The summed E-state index contributed by atoms with van der Waals surface area (Å²) in [5, 5.41) is 0. The van der Waals surface area contributed by atoms with E-state index in [2.05, 4.69) is 15.9 Å². The van der Waals surface area contributed by atoms with Gasteiger partial charge in [0.15, 0.2) is 0 Å². The van der Waals surface area contributed by atoms with E-state index < -0.39 is 12.6 Å². The molecule has 0 amide bonds. The lowest BCUT2D eigenvalue weighted by molar-refractivity contribution is -0.124. The summed E-state index contributed by atoms with van der Waals surface area (Å²) in [4.78, 5) is 1.19. The Kier molecular flexibility index (Phi) is 3.12. The molecule has 0 atom stereocenters. The van der Waals surface area contributed by atoms with E-state index >= 15 is 0 Å². The fourth-order valence-electron chi connectivity index (χ4n) is 0.178. The van der Waals surface area contributed by atoms with Gasteiger partial charge >= 0.3 is 6.18 Å². The van der Waals surface area contributed by atoms with Gasteiger partial charge in [0.05, 0.1) is 6.42 Å². The molecule has 0 aliphatic rings. The molecular formula is C4H4BrF3. The van der Waals surface area contributed by atoms with Crippen LogP contribution in [-0.4, -0.2) is 6.18 Å². The minimum Gasteiger partial charge on any atom is -0.171 e. The molecule has 0 heterocycles. The van der Waals surface area contributed by atoms with Crippen LogP contribution in [0.1, 0.15) is 6.42 Å². The highest BCUT2D eigenvalue weighted by Gasteiger charge is 2.24. The van der Waals surface area contributed by atoms with Crippen molar-refractivity contribution in [3.05, 3.63) is 11.1 Å². The molecule has 8 heavy (non-hydrogen) atoms. The van der Waals surface area contributed by atoms with E-state index in [1.54, 1.807) is 0 Å². The highest BCUT2D eigenvalue weighted by atomic mass is 79.9. The first-order valence-electron chi connectivity index (χ1n) is 1.88. The second kappa shape index (κ2) is 3.12. The first-order chi connectivity index (χ1) is 3.56. The molecule has 0 radical (unpaired) electrons. The molecule has 0 bridgehead atoms. The van der Waals surface area contributed by atoms with Crippen molar-refractivity contribution in [3.63, 3.8) is 0 Å².